The number of cyclic esters (lactones) is 1. The minimum absolute atomic E-state index is 0.00947. The molecule has 4 rings (SSSR count). The van der Waals surface area contributed by atoms with Crippen LogP contribution in [-0.4, -0.2) is 143 Å². The summed E-state index contributed by atoms with van der Waals surface area (Å²) in [6, 6.07) is -1.16. The number of aliphatic hydroxyl groups is 4. The van der Waals surface area contributed by atoms with Crippen LogP contribution in [0, 0.1) is 35.5 Å². The Labute approximate surface area is 398 Å². The molecular weight excluding hydrogens is 863 g/mol. The van der Waals surface area contributed by atoms with Crippen LogP contribution in [0.1, 0.15) is 126 Å². The molecule has 15 atom stereocenters. The van der Waals surface area contributed by atoms with Crippen molar-refractivity contribution < 1.29 is 68.1 Å². The number of hydrogen-bond donors (Lipinski definition) is 4. The Morgan fingerprint density at radius 1 is 0.881 bits per heavy atom. The zero-order valence-electron chi connectivity index (χ0n) is 41.5. The second kappa shape index (κ2) is 26.5. The van der Waals surface area contributed by atoms with Crippen LogP contribution in [-0.2, 0) is 47.7 Å². The van der Waals surface area contributed by atoms with Crippen molar-refractivity contribution in [1.29, 1.82) is 0 Å². The average Bonchev–Trinajstić information content (AvgIpc) is 3.30. The largest absolute Gasteiger partial charge is 0.460 e. The van der Waals surface area contributed by atoms with Gasteiger partial charge in [0.2, 0.25) is 5.79 Å². The van der Waals surface area contributed by atoms with Crippen LogP contribution in [0.4, 0.5) is 0 Å². The number of piperidine rings is 1. The van der Waals surface area contributed by atoms with E-state index in [-0.39, 0.29) is 74.4 Å². The smallest absolute Gasteiger partial charge is 0.329 e. The molecule has 378 valence electrons. The summed E-state index contributed by atoms with van der Waals surface area (Å²) in [6.07, 6.45) is 10.4. The molecule has 3 fully saturated rings. The van der Waals surface area contributed by atoms with E-state index in [4.69, 9.17) is 23.7 Å². The highest BCUT2D eigenvalue weighted by atomic mass is 16.6. The number of ether oxygens (including phenoxy) is 5. The van der Waals surface area contributed by atoms with Gasteiger partial charge in [0.05, 0.1) is 37.6 Å². The maximum absolute atomic E-state index is 14.4. The number of allylic oxidation sites excluding steroid dienone is 6. The molecule has 1 aliphatic carbocycles. The van der Waals surface area contributed by atoms with Gasteiger partial charge in [0.15, 0.2) is 5.78 Å². The number of carbonyl (C=O) groups is 5. The normalized spacial score (nSPS) is 39.6. The number of hydrogen-bond acceptors (Lipinski definition) is 14. The number of nitrogens with zero attached hydrogens (tertiary/aromatic N) is 1. The molecule has 1 saturated carbocycles. The van der Waals surface area contributed by atoms with E-state index in [0.717, 1.165) is 5.57 Å². The first-order chi connectivity index (χ1) is 31.7. The van der Waals surface area contributed by atoms with Gasteiger partial charge in [-0.3, -0.25) is 19.2 Å². The van der Waals surface area contributed by atoms with Crippen LogP contribution in [0.3, 0.4) is 0 Å². The van der Waals surface area contributed by atoms with Crippen molar-refractivity contribution in [3.8, 4) is 0 Å². The molecule has 15 heteroatoms. The van der Waals surface area contributed by atoms with Gasteiger partial charge in [-0.15, -0.1) is 0 Å². The van der Waals surface area contributed by atoms with Crippen LogP contribution >= 0.6 is 0 Å². The molecule has 1 amide bonds. The number of rotatable bonds is 8. The number of methoxy groups -OCH3 is 2. The Hall–Kier alpha value is -3.41. The molecule has 1 unspecified atom stereocenters. The lowest BCUT2D eigenvalue weighted by molar-refractivity contribution is -0.266. The molecule has 0 aromatic rings. The number of fused-ring (bicyclic) bond motifs is 3. The van der Waals surface area contributed by atoms with E-state index in [2.05, 4.69) is 0 Å². The summed E-state index contributed by atoms with van der Waals surface area (Å²) in [7, 11) is 2.93. The molecule has 4 aliphatic rings. The van der Waals surface area contributed by atoms with E-state index in [9.17, 15) is 44.4 Å². The fourth-order valence-corrected chi connectivity index (χ4v) is 10.2. The minimum Gasteiger partial charge on any atom is -0.460 e. The maximum Gasteiger partial charge on any atom is 0.329 e. The van der Waals surface area contributed by atoms with Gasteiger partial charge in [-0.1, -0.05) is 71.1 Å². The minimum atomic E-state index is -2.48. The lowest BCUT2D eigenvalue weighted by Gasteiger charge is -2.43. The van der Waals surface area contributed by atoms with Gasteiger partial charge in [-0.2, -0.15) is 0 Å². The number of amides is 1. The summed E-state index contributed by atoms with van der Waals surface area (Å²) in [5.41, 5.74) is 1.17. The van der Waals surface area contributed by atoms with Gasteiger partial charge >= 0.3 is 5.97 Å². The van der Waals surface area contributed by atoms with Crippen molar-refractivity contribution in [2.24, 2.45) is 35.5 Å². The fourth-order valence-electron chi connectivity index (χ4n) is 10.2. The number of aliphatic hydroxyl groups excluding tert-OH is 3. The highest BCUT2D eigenvalue weighted by Crippen LogP contribution is 2.38. The molecule has 15 nitrogen and oxygen atoms in total. The summed E-state index contributed by atoms with van der Waals surface area (Å²) in [5, 5.41) is 43.5. The molecule has 2 bridgehead atoms. The van der Waals surface area contributed by atoms with E-state index in [1.54, 1.807) is 40.9 Å². The molecule has 3 aliphatic heterocycles. The van der Waals surface area contributed by atoms with Crippen molar-refractivity contribution in [3.63, 3.8) is 0 Å². The van der Waals surface area contributed by atoms with E-state index < -0.39 is 83.9 Å². The number of ketones is 3. The standard InChI is InChI=1S/C52H81NO14/c1-31-15-11-10-12-16-32(2)43(65-24-23-54)29-39-20-18-37(7)52(62,67-39)49(59)50(60)53-22-14-13-17-40(53)51(61)66-44(34(4)27-38-19-21-41(55)45(28-38)63-8)30-42(56)33(3)26-36(6)47(58)48(64-9)46(57)35(5)25-31/h10-12,15-16,26,31,33-35,37-41,43-45,47-48,54-55,58,62H,13-14,17-25,27-30H2,1-9H3/b12-10+,15-11-,32-16+,36-26+/t31-,33-,34-,35-,37-,38+,39+,40+,41-,43?,44+,45-,47-,48+,52-/m1/s1. The molecule has 0 spiro atoms. The molecular formula is C52H81NO14. The third-order valence-corrected chi connectivity index (χ3v) is 14.6. The van der Waals surface area contributed by atoms with Gasteiger partial charge in [-0.05, 0) is 107 Å². The maximum atomic E-state index is 14.4. The van der Waals surface area contributed by atoms with Crippen LogP contribution in [0.25, 0.3) is 0 Å². The Morgan fingerprint density at radius 3 is 2.30 bits per heavy atom. The summed E-state index contributed by atoms with van der Waals surface area (Å²) >= 11 is 0. The molecule has 2 saturated heterocycles. The highest BCUT2D eigenvalue weighted by Gasteiger charge is 2.53. The molecule has 0 aromatic carbocycles. The van der Waals surface area contributed by atoms with Crippen molar-refractivity contribution >= 4 is 29.2 Å². The van der Waals surface area contributed by atoms with Crippen molar-refractivity contribution in [1.82, 2.24) is 4.90 Å². The number of Topliss-reactive ketones (excluding diaryl/α,β-unsaturated/α-hetero) is 3. The third-order valence-electron chi connectivity index (χ3n) is 14.6. The fraction of sp³-hybridized carbons (Fsp3) is 0.750. The third kappa shape index (κ3) is 15.3. The molecule has 3 heterocycles. The second-order valence-electron chi connectivity index (χ2n) is 19.9. The molecule has 67 heavy (non-hydrogen) atoms. The van der Waals surface area contributed by atoms with Gasteiger partial charge in [-0.25, -0.2) is 4.79 Å². The van der Waals surface area contributed by atoms with E-state index in [0.29, 0.717) is 63.4 Å². The predicted octanol–water partition coefficient (Wildman–Crippen LogP) is 5.54. The van der Waals surface area contributed by atoms with Crippen LogP contribution in [0.5, 0.6) is 0 Å². The second-order valence-corrected chi connectivity index (χ2v) is 19.9. The topological polar surface area (TPSA) is 216 Å². The summed E-state index contributed by atoms with van der Waals surface area (Å²) in [5.74, 6) is -8.25. The molecule has 4 N–H and O–H groups in total. The Bertz CT molecular complexity index is 1790. The summed E-state index contributed by atoms with van der Waals surface area (Å²) < 4.78 is 29.6. The molecule has 0 aromatic heterocycles. The van der Waals surface area contributed by atoms with E-state index >= 15 is 0 Å². The van der Waals surface area contributed by atoms with Gasteiger partial charge in [0.25, 0.3) is 11.7 Å². The quantitative estimate of drug-likeness (QED) is 0.134. The van der Waals surface area contributed by atoms with Crippen LogP contribution < -0.4 is 0 Å². The Balaban J connectivity index is 1.72. The zero-order chi connectivity index (χ0) is 49.6. The number of carbonyl (C=O) groups excluding carboxylic acids is 5. The first-order valence-corrected chi connectivity index (χ1v) is 24.6. The SMILES string of the molecule is CO[C@@H]1C[C@H](C[C@@H](C)[C@@H]2CC(=O)[C@H](C)/C=C(\C)[C@@H](O)[C@@H](OC)C(=O)[C@H](C)C[C@H](C)\C=C/C=C/C=C(\C)C(OCCO)C[C@@H]3CC[C@@H](C)[C@@](O)(O3)C(=O)C(=O)N3CCCC[C@H]3C(=O)O2)CC[C@H]1O. The molecule has 0 radical (unpaired) electrons. The first kappa shape index (κ1) is 56.2. The lowest BCUT2D eigenvalue weighted by atomic mass is 9.78. The van der Waals surface area contributed by atoms with Crippen molar-refractivity contribution in [3.05, 3.63) is 47.6 Å². The first-order valence-electron chi connectivity index (χ1n) is 24.6. The highest BCUT2D eigenvalue weighted by molar-refractivity contribution is 6.39. The van der Waals surface area contributed by atoms with Crippen LogP contribution in [0.2, 0.25) is 0 Å². The summed E-state index contributed by atoms with van der Waals surface area (Å²) in [6.45, 7) is 12.4. The van der Waals surface area contributed by atoms with E-state index in [1.165, 1.54) is 12.0 Å². The van der Waals surface area contributed by atoms with Crippen LogP contribution in [0.15, 0.2) is 47.6 Å². The lowest BCUT2D eigenvalue weighted by Crippen LogP contribution is -2.61. The number of esters is 1. The zero-order valence-corrected chi connectivity index (χ0v) is 41.5. The van der Waals surface area contributed by atoms with Gasteiger partial charge in [0.1, 0.15) is 30.1 Å². The van der Waals surface area contributed by atoms with Gasteiger partial charge < -0.3 is 49.0 Å². The van der Waals surface area contributed by atoms with Crippen molar-refractivity contribution in [2.45, 2.75) is 180 Å². The Kier molecular flexibility index (Phi) is 22.3. The average molecular weight is 944 g/mol. The monoisotopic (exact) mass is 944 g/mol. The van der Waals surface area contributed by atoms with Gasteiger partial charge in [0, 0.05) is 51.4 Å². The Morgan fingerprint density at radius 2 is 1.61 bits per heavy atom. The van der Waals surface area contributed by atoms with E-state index in [1.807, 2.05) is 51.2 Å². The predicted molar refractivity (Wildman–Crippen MR) is 251 cm³/mol. The summed E-state index contributed by atoms with van der Waals surface area (Å²) in [4.78, 5) is 72.0. The van der Waals surface area contributed by atoms with Crippen molar-refractivity contribution in [2.75, 3.05) is 34.0 Å².